The molecule has 0 spiro atoms. The third-order valence-corrected chi connectivity index (χ3v) is 17.9. The smallest absolute Gasteiger partial charge is 0.102 e. The van der Waals surface area contributed by atoms with Crippen molar-refractivity contribution in [3.8, 4) is 39.9 Å². The minimum Gasteiger partial charge on any atom is -0.306 e. The highest BCUT2D eigenvalue weighted by Crippen LogP contribution is 2.53. The average Bonchev–Trinajstić information content (AvgIpc) is 2.33. The van der Waals surface area contributed by atoms with Gasteiger partial charge < -0.3 is 18.3 Å². The Balaban J connectivity index is 1.36. The van der Waals surface area contributed by atoms with E-state index in [4.69, 9.17) is 4.98 Å². The Labute approximate surface area is 492 Å². The topological polar surface area (TPSA) is 56.4 Å². The second kappa shape index (κ2) is 18.4. The van der Waals surface area contributed by atoms with E-state index in [2.05, 4.69) is 303 Å². The average molecular weight is 1090 g/mol. The number of fused-ring (bicyclic) bond motifs is 12. The van der Waals surface area contributed by atoms with E-state index in [-0.39, 0.29) is 21.7 Å². The lowest BCUT2D eigenvalue weighted by molar-refractivity contribution is 0.591. The molecule has 0 saturated carbocycles. The third kappa shape index (κ3) is 7.99. The van der Waals surface area contributed by atoms with Crippen LogP contribution in [-0.4, -0.2) is 23.3 Å². The highest BCUT2D eigenvalue weighted by atomic mass is 15.1. The van der Waals surface area contributed by atoms with Crippen LogP contribution in [0, 0.1) is 25.2 Å². The summed E-state index contributed by atoms with van der Waals surface area (Å²) in [6, 6.07) is 71.3. The molecular weight excluding hydrogens is 1020 g/mol. The van der Waals surface area contributed by atoms with E-state index in [0.717, 1.165) is 127 Å². The van der Waals surface area contributed by atoms with Crippen molar-refractivity contribution >= 4 is 87.2 Å². The number of benzene rings is 9. The van der Waals surface area contributed by atoms with Gasteiger partial charge >= 0.3 is 0 Å². The summed E-state index contributed by atoms with van der Waals surface area (Å²) in [5.74, 6) is 0. The summed E-state index contributed by atoms with van der Waals surface area (Å²) in [5.41, 5.74) is 20.5. The quantitative estimate of drug-likeness (QED) is 0.172. The second-order valence-electron chi connectivity index (χ2n) is 27.7. The number of para-hydroxylation sites is 4. The Morgan fingerprint density at radius 1 is 0.310 bits per heavy atom. The van der Waals surface area contributed by atoms with E-state index in [1.165, 1.54) is 27.6 Å². The number of aromatic nitrogens is 5. The Kier molecular flexibility index (Phi) is 11.6. The van der Waals surface area contributed by atoms with E-state index in [1.54, 1.807) is 0 Å². The van der Waals surface area contributed by atoms with E-state index in [9.17, 15) is 5.26 Å². The standard InChI is InChI=1S/C78H72N6/c1-46-39-48(40-47(2)80-46)70-61(45-79)71(81-62-27-19-15-23-53(62)57-41-49(75(3,4)5)31-35-66(57)81)73(83-64-29-21-17-25-55(64)59-43-51(77(9,10)11)33-37-68(59)83)74(84-65-30-22-18-26-56(65)60-44-52(78(12,13)14)34-38-69(60)84)72(70)82-63-28-20-16-24-54(63)58-42-50(76(6,7)8)32-36-67(58)82/h15-44H,1-14H3. The molecule has 0 radical (unpaired) electrons. The molecule has 0 saturated heterocycles. The first-order valence-corrected chi connectivity index (χ1v) is 29.8. The first-order valence-electron chi connectivity index (χ1n) is 29.8. The van der Waals surface area contributed by atoms with Gasteiger partial charge in [0.2, 0.25) is 0 Å². The molecule has 5 aromatic heterocycles. The zero-order valence-electron chi connectivity index (χ0n) is 51.0. The van der Waals surface area contributed by atoms with Crippen LogP contribution in [0.25, 0.3) is 121 Å². The summed E-state index contributed by atoms with van der Waals surface area (Å²) in [4.78, 5) is 5.05. The van der Waals surface area contributed by atoms with Crippen LogP contribution in [0.1, 0.15) is 122 Å². The summed E-state index contributed by atoms with van der Waals surface area (Å²) in [6.07, 6.45) is 0. The molecule has 6 nitrogen and oxygen atoms in total. The fourth-order valence-corrected chi connectivity index (χ4v) is 13.6. The first-order chi connectivity index (χ1) is 40.0. The zero-order valence-corrected chi connectivity index (χ0v) is 51.0. The van der Waals surface area contributed by atoms with Gasteiger partial charge in [0.1, 0.15) is 6.07 Å². The summed E-state index contributed by atoms with van der Waals surface area (Å²) >= 11 is 0. The molecule has 0 amide bonds. The number of hydrogen-bond acceptors (Lipinski definition) is 2. The number of hydrogen-bond donors (Lipinski definition) is 0. The van der Waals surface area contributed by atoms with Crippen LogP contribution in [0.3, 0.4) is 0 Å². The molecule has 14 rings (SSSR count). The lowest BCUT2D eigenvalue weighted by Crippen LogP contribution is -2.17. The molecule has 0 unspecified atom stereocenters. The number of rotatable bonds is 5. The van der Waals surface area contributed by atoms with Crippen LogP contribution >= 0.6 is 0 Å². The number of nitriles is 1. The lowest BCUT2D eigenvalue weighted by atomic mass is 9.86. The zero-order chi connectivity index (χ0) is 58.7. The molecule has 84 heavy (non-hydrogen) atoms. The minimum absolute atomic E-state index is 0.114. The normalized spacial score (nSPS) is 12.9. The maximum absolute atomic E-state index is 13.0. The minimum atomic E-state index is -0.121. The highest BCUT2D eigenvalue weighted by Gasteiger charge is 2.36. The van der Waals surface area contributed by atoms with Crippen molar-refractivity contribution in [2.24, 2.45) is 0 Å². The van der Waals surface area contributed by atoms with Gasteiger partial charge in [0.05, 0.1) is 72.4 Å². The molecule has 0 fully saturated rings. The van der Waals surface area contributed by atoms with Crippen LogP contribution in [-0.2, 0) is 21.7 Å². The maximum Gasteiger partial charge on any atom is 0.102 e. The van der Waals surface area contributed by atoms with Crippen molar-refractivity contribution in [1.82, 2.24) is 23.3 Å². The van der Waals surface area contributed by atoms with Crippen LogP contribution < -0.4 is 0 Å². The van der Waals surface area contributed by atoms with Gasteiger partial charge in [0.15, 0.2) is 0 Å². The first kappa shape index (κ1) is 52.9. The Morgan fingerprint density at radius 2 is 0.571 bits per heavy atom. The SMILES string of the molecule is Cc1cc(-c2c(C#N)c(-n3c4ccccc4c4cc(C(C)(C)C)ccc43)c(-n3c4ccccc4c4cc(C(C)(C)C)ccc43)c(-n3c4ccccc4c4cc(C(C)(C)C)ccc43)c2-n2c3ccccc3c3cc(C(C)(C)C)ccc32)cc(C)n1. The van der Waals surface area contributed by atoms with Gasteiger partial charge in [-0.05, 0) is 148 Å². The Hall–Kier alpha value is -9.18. The molecular formula is C78H72N6. The van der Waals surface area contributed by atoms with Crippen LogP contribution in [0.5, 0.6) is 0 Å². The molecule has 0 atom stereocenters. The molecule has 414 valence electrons. The molecule has 5 heterocycles. The van der Waals surface area contributed by atoms with Gasteiger partial charge in [-0.15, -0.1) is 0 Å². The number of pyridine rings is 1. The summed E-state index contributed by atoms with van der Waals surface area (Å²) in [7, 11) is 0. The molecule has 0 N–H and O–H groups in total. The fraction of sp³-hybridized carbons (Fsp3) is 0.231. The molecule has 0 bridgehead atoms. The Bertz CT molecular complexity index is 5120. The summed E-state index contributed by atoms with van der Waals surface area (Å²) in [5, 5.41) is 22.2. The van der Waals surface area contributed by atoms with E-state index in [1.807, 2.05) is 0 Å². The third-order valence-electron chi connectivity index (χ3n) is 17.9. The predicted octanol–water partition coefficient (Wildman–Crippen LogP) is 20.8. The van der Waals surface area contributed by atoms with Crippen LogP contribution in [0.4, 0.5) is 0 Å². The molecule has 0 aliphatic rings. The van der Waals surface area contributed by atoms with Gasteiger partial charge in [-0.1, -0.05) is 180 Å². The maximum atomic E-state index is 13.0. The number of aryl methyl sites for hydroxylation is 2. The molecule has 14 aromatic rings. The van der Waals surface area contributed by atoms with Crippen LogP contribution in [0.2, 0.25) is 0 Å². The van der Waals surface area contributed by atoms with Gasteiger partial charge in [-0.2, -0.15) is 5.26 Å². The lowest BCUT2D eigenvalue weighted by Gasteiger charge is -2.30. The van der Waals surface area contributed by atoms with E-state index >= 15 is 0 Å². The summed E-state index contributed by atoms with van der Waals surface area (Å²) in [6.45, 7) is 31.7. The van der Waals surface area contributed by atoms with Crippen molar-refractivity contribution in [2.45, 2.75) is 119 Å². The van der Waals surface area contributed by atoms with Crippen molar-refractivity contribution in [3.63, 3.8) is 0 Å². The van der Waals surface area contributed by atoms with Crippen molar-refractivity contribution in [2.75, 3.05) is 0 Å². The van der Waals surface area contributed by atoms with Gasteiger partial charge in [-0.25, -0.2) is 0 Å². The molecule has 6 heteroatoms. The number of nitrogens with zero attached hydrogens (tertiary/aromatic N) is 6. The summed E-state index contributed by atoms with van der Waals surface area (Å²) < 4.78 is 10.0. The largest absolute Gasteiger partial charge is 0.306 e. The van der Waals surface area contributed by atoms with Gasteiger partial charge in [-0.3, -0.25) is 4.98 Å². The van der Waals surface area contributed by atoms with Crippen molar-refractivity contribution in [1.29, 1.82) is 5.26 Å². The van der Waals surface area contributed by atoms with Gasteiger partial charge in [0.25, 0.3) is 0 Å². The van der Waals surface area contributed by atoms with E-state index in [0.29, 0.717) is 5.56 Å². The Morgan fingerprint density at radius 3 is 0.869 bits per heavy atom. The van der Waals surface area contributed by atoms with Crippen molar-refractivity contribution in [3.05, 3.63) is 221 Å². The molecule has 0 aliphatic carbocycles. The molecule has 9 aromatic carbocycles. The van der Waals surface area contributed by atoms with Gasteiger partial charge in [0, 0.05) is 60.0 Å². The monoisotopic (exact) mass is 1090 g/mol. The van der Waals surface area contributed by atoms with Crippen LogP contribution in [0.15, 0.2) is 182 Å². The molecule has 0 aliphatic heterocycles. The van der Waals surface area contributed by atoms with Crippen molar-refractivity contribution < 1.29 is 0 Å². The van der Waals surface area contributed by atoms with E-state index < -0.39 is 0 Å². The highest BCUT2D eigenvalue weighted by molar-refractivity contribution is 6.17. The fourth-order valence-electron chi connectivity index (χ4n) is 13.6. The predicted molar refractivity (Wildman–Crippen MR) is 356 cm³/mol. The second-order valence-corrected chi connectivity index (χ2v) is 27.7.